The Labute approximate surface area is 132 Å². The van der Waals surface area contributed by atoms with Crippen molar-refractivity contribution in [1.82, 2.24) is 4.90 Å². The Morgan fingerprint density at radius 2 is 1.95 bits per heavy atom. The lowest BCUT2D eigenvalue weighted by Gasteiger charge is -2.14. The number of rotatable bonds is 4. The first-order valence-corrected chi connectivity index (χ1v) is 7.89. The predicted molar refractivity (Wildman–Crippen MR) is 87.2 cm³/mol. The van der Waals surface area contributed by atoms with E-state index in [0.29, 0.717) is 6.61 Å². The van der Waals surface area contributed by atoms with Crippen LogP contribution in [0.2, 0.25) is 0 Å². The molecule has 0 radical (unpaired) electrons. The maximum atomic E-state index is 11.6. The number of carbonyl (C=O) groups excluding carboxylic acids is 1. The lowest BCUT2D eigenvalue weighted by atomic mass is 10.2. The molecule has 0 spiro atoms. The molecule has 1 aliphatic rings. The average Bonchev–Trinajstić information content (AvgIpc) is 2.98. The van der Waals surface area contributed by atoms with E-state index in [4.69, 9.17) is 16.3 Å². The summed E-state index contributed by atoms with van der Waals surface area (Å²) in [4.78, 5) is 13.8. The van der Waals surface area contributed by atoms with Gasteiger partial charge in [0, 0.05) is 19.6 Å². The molecule has 0 unspecified atom stereocenters. The van der Waals surface area contributed by atoms with E-state index in [9.17, 15) is 4.79 Å². The second-order valence-electron chi connectivity index (χ2n) is 4.58. The Bertz CT molecular complexity index is 471. The molecule has 1 heterocycles. The fourth-order valence-electron chi connectivity index (χ4n) is 2.22. The highest BCUT2D eigenvalue weighted by molar-refractivity contribution is 6.41. The number of hydrogen-bond acceptors (Lipinski definition) is 3. The molecule has 0 atom stereocenters. The van der Waals surface area contributed by atoms with E-state index in [1.165, 1.54) is 5.56 Å². The van der Waals surface area contributed by atoms with Crippen molar-refractivity contribution in [3.8, 4) is 0 Å². The van der Waals surface area contributed by atoms with Gasteiger partial charge in [0.15, 0.2) is 0 Å². The molecule has 1 saturated heterocycles. The SMILES string of the molecule is CC.CCOC(=O)/C(Cl)=C1/CCN(Cc2ccccc2)C1. The molecule has 0 amide bonds. The molecule has 21 heavy (non-hydrogen) atoms. The van der Waals surface area contributed by atoms with E-state index in [2.05, 4.69) is 17.0 Å². The number of nitrogens with zero attached hydrogens (tertiary/aromatic N) is 1. The Morgan fingerprint density at radius 1 is 1.29 bits per heavy atom. The molecule has 3 nitrogen and oxygen atoms in total. The summed E-state index contributed by atoms with van der Waals surface area (Å²) >= 11 is 6.06. The fourth-order valence-corrected chi connectivity index (χ4v) is 2.42. The lowest BCUT2D eigenvalue weighted by Crippen LogP contribution is -2.19. The molecule has 1 aromatic rings. The van der Waals surface area contributed by atoms with Crippen LogP contribution in [-0.4, -0.2) is 30.6 Å². The molecule has 0 bridgehead atoms. The number of benzene rings is 1. The molecule has 0 N–H and O–H groups in total. The van der Waals surface area contributed by atoms with Crippen LogP contribution in [0.25, 0.3) is 0 Å². The second kappa shape index (κ2) is 9.59. The number of halogens is 1. The summed E-state index contributed by atoms with van der Waals surface area (Å²) in [7, 11) is 0. The summed E-state index contributed by atoms with van der Waals surface area (Å²) in [5.74, 6) is -0.402. The quantitative estimate of drug-likeness (QED) is 0.622. The van der Waals surface area contributed by atoms with Crippen molar-refractivity contribution in [2.24, 2.45) is 0 Å². The van der Waals surface area contributed by atoms with Gasteiger partial charge in [-0.1, -0.05) is 55.8 Å². The van der Waals surface area contributed by atoms with Gasteiger partial charge in [-0.2, -0.15) is 0 Å². The highest BCUT2D eigenvalue weighted by Crippen LogP contribution is 2.23. The first kappa shape index (κ1) is 17.7. The minimum atomic E-state index is -0.402. The van der Waals surface area contributed by atoms with Crippen molar-refractivity contribution in [3.05, 3.63) is 46.5 Å². The molecule has 1 aromatic carbocycles. The van der Waals surface area contributed by atoms with Gasteiger partial charge in [-0.25, -0.2) is 4.79 Å². The zero-order valence-electron chi connectivity index (χ0n) is 13.1. The Balaban J connectivity index is 0.00000106. The van der Waals surface area contributed by atoms with Gasteiger partial charge in [0.2, 0.25) is 0 Å². The Morgan fingerprint density at radius 3 is 2.57 bits per heavy atom. The van der Waals surface area contributed by atoms with Crippen LogP contribution >= 0.6 is 11.6 Å². The highest BCUT2D eigenvalue weighted by Gasteiger charge is 2.22. The number of likely N-dealkylation sites (tertiary alicyclic amines) is 1. The Hall–Kier alpha value is -1.32. The van der Waals surface area contributed by atoms with E-state index in [1.807, 2.05) is 32.0 Å². The van der Waals surface area contributed by atoms with Crippen LogP contribution in [0.3, 0.4) is 0 Å². The van der Waals surface area contributed by atoms with Gasteiger partial charge >= 0.3 is 5.97 Å². The van der Waals surface area contributed by atoms with Crippen LogP contribution in [-0.2, 0) is 16.1 Å². The van der Waals surface area contributed by atoms with E-state index in [1.54, 1.807) is 6.92 Å². The van der Waals surface area contributed by atoms with Crippen molar-refractivity contribution in [2.75, 3.05) is 19.7 Å². The monoisotopic (exact) mass is 309 g/mol. The zero-order chi connectivity index (χ0) is 15.7. The summed E-state index contributed by atoms with van der Waals surface area (Å²) < 4.78 is 4.92. The van der Waals surface area contributed by atoms with Gasteiger partial charge in [0.05, 0.1) is 6.61 Å². The predicted octanol–water partition coefficient (Wildman–Crippen LogP) is 3.97. The van der Waals surface area contributed by atoms with Crippen LogP contribution in [0.5, 0.6) is 0 Å². The molecule has 116 valence electrons. The van der Waals surface area contributed by atoms with Gasteiger partial charge in [0.1, 0.15) is 5.03 Å². The molecule has 0 aromatic heterocycles. The molecule has 0 saturated carbocycles. The zero-order valence-corrected chi connectivity index (χ0v) is 13.8. The molecule has 1 fully saturated rings. The van der Waals surface area contributed by atoms with Crippen molar-refractivity contribution in [1.29, 1.82) is 0 Å². The van der Waals surface area contributed by atoms with E-state index < -0.39 is 5.97 Å². The largest absolute Gasteiger partial charge is 0.462 e. The second-order valence-corrected chi connectivity index (χ2v) is 4.96. The van der Waals surface area contributed by atoms with Gasteiger partial charge in [0.25, 0.3) is 0 Å². The Kier molecular flexibility index (Phi) is 8.09. The van der Waals surface area contributed by atoms with Crippen LogP contribution in [0, 0.1) is 0 Å². The van der Waals surface area contributed by atoms with Crippen LogP contribution in [0.15, 0.2) is 40.9 Å². The summed E-state index contributed by atoms with van der Waals surface area (Å²) in [6.45, 7) is 8.70. The topological polar surface area (TPSA) is 29.5 Å². The summed E-state index contributed by atoms with van der Waals surface area (Å²) in [6.07, 6.45) is 0.838. The van der Waals surface area contributed by atoms with Crippen molar-refractivity contribution < 1.29 is 9.53 Å². The van der Waals surface area contributed by atoms with Gasteiger partial charge in [-0.05, 0) is 24.5 Å². The van der Waals surface area contributed by atoms with Gasteiger partial charge in [-0.3, -0.25) is 4.90 Å². The smallest absolute Gasteiger partial charge is 0.349 e. The standard InChI is InChI=1S/C15H18ClNO2.C2H6/c1-2-19-15(18)14(16)13-8-9-17(11-13)10-12-6-4-3-5-7-12;1-2/h3-7H,2,8-11H2,1H3;1-2H3/b14-13+;. The summed E-state index contributed by atoms with van der Waals surface area (Å²) in [5.41, 5.74) is 2.26. The number of hydrogen-bond donors (Lipinski definition) is 0. The van der Waals surface area contributed by atoms with E-state index in [0.717, 1.165) is 31.6 Å². The molecular weight excluding hydrogens is 286 g/mol. The van der Waals surface area contributed by atoms with Crippen LogP contribution < -0.4 is 0 Å². The van der Waals surface area contributed by atoms with Crippen LogP contribution in [0.1, 0.15) is 32.8 Å². The maximum absolute atomic E-state index is 11.6. The van der Waals surface area contributed by atoms with Crippen molar-refractivity contribution in [2.45, 2.75) is 33.7 Å². The molecule has 1 aliphatic heterocycles. The third-order valence-electron chi connectivity index (χ3n) is 3.16. The number of ether oxygens (including phenoxy) is 1. The van der Waals surface area contributed by atoms with Gasteiger partial charge in [-0.15, -0.1) is 0 Å². The third kappa shape index (κ3) is 5.52. The molecular formula is C17H24ClNO2. The van der Waals surface area contributed by atoms with Gasteiger partial charge < -0.3 is 4.74 Å². The average molecular weight is 310 g/mol. The van der Waals surface area contributed by atoms with Crippen molar-refractivity contribution in [3.63, 3.8) is 0 Å². The first-order valence-electron chi connectivity index (χ1n) is 7.51. The summed E-state index contributed by atoms with van der Waals surface area (Å²) in [6, 6.07) is 10.3. The summed E-state index contributed by atoms with van der Waals surface area (Å²) in [5, 5.41) is 0.261. The first-order chi connectivity index (χ1) is 10.2. The minimum Gasteiger partial charge on any atom is -0.462 e. The number of carbonyl (C=O) groups is 1. The minimum absolute atomic E-state index is 0.261. The molecule has 0 aliphatic carbocycles. The maximum Gasteiger partial charge on any atom is 0.349 e. The normalized spacial score (nSPS) is 17.0. The molecule has 2 rings (SSSR count). The third-order valence-corrected chi connectivity index (χ3v) is 3.58. The van der Waals surface area contributed by atoms with E-state index in [-0.39, 0.29) is 5.03 Å². The highest BCUT2D eigenvalue weighted by atomic mass is 35.5. The lowest BCUT2D eigenvalue weighted by molar-refractivity contribution is -0.137. The number of esters is 1. The van der Waals surface area contributed by atoms with E-state index >= 15 is 0 Å². The van der Waals surface area contributed by atoms with Crippen LogP contribution in [0.4, 0.5) is 0 Å². The van der Waals surface area contributed by atoms with Crippen molar-refractivity contribution >= 4 is 17.6 Å². The molecule has 4 heteroatoms. The fraction of sp³-hybridized carbons (Fsp3) is 0.471.